The zero-order chi connectivity index (χ0) is 11.1. The van der Waals surface area contributed by atoms with E-state index in [9.17, 15) is 4.39 Å². The first kappa shape index (κ1) is 9.54. The second-order valence-electron chi connectivity index (χ2n) is 4.06. The highest BCUT2D eigenvalue weighted by molar-refractivity contribution is 5.39. The molecule has 1 aliphatic rings. The Hall–Kier alpha value is -1.68. The molecule has 4 heteroatoms. The minimum Gasteiger partial charge on any atom is -0.323 e. The summed E-state index contributed by atoms with van der Waals surface area (Å²) < 4.78 is 15.3. The highest BCUT2D eigenvalue weighted by atomic mass is 19.1. The lowest BCUT2D eigenvalue weighted by atomic mass is 10.2. The van der Waals surface area contributed by atoms with Crippen molar-refractivity contribution in [2.24, 2.45) is 5.73 Å². The molecule has 0 fully saturated rings. The summed E-state index contributed by atoms with van der Waals surface area (Å²) in [6, 6.07) is 6.59. The van der Waals surface area contributed by atoms with E-state index >= 15 is 0 Å². The van der Waals surface area contributed by atoms with Crippen LogP contribution in [-0.2, 0) is 6.42 Å². The molecule has 0 saturated carbocycles. The number of nitrogens with two attached hydrogens (primary N) is 1. The number of para-hydroxylation sites is 1. The highest BCUT2D eigenvalue weighted by Gasteiger charge is 2.25. The lowest BCUT2D eigenvalue weighted by Gasteiger charge is -2.10. The molecule has 2 aromatic rings. The van der Waals surface area contributed by atoms with Crippen molar-refractivity contribution >= 4 is 0 Å². The topological polar surface area (TPSA) is 43.8 Å². The molecule has 0 amide bonds. The van der Waals surface area contributed by atoms with Crippen molar-refractivity contribution in [3.63, 3.8) is 0 Å². The van der Waals surface area contributed by atoms with Crippen molar-refractivity contribution in [3.8, 4) is 5.69 Å². The second-order valence-corrected chi connectivity index (χ2v) is 4.06. The number of hydrogen-bond acceptors (Lipinski definition) is 2. The van der Waals surface area contributed by atoms with Gasteiger partial charge in [-0.25, -0.2) is 9.07 Å². The monoisotopic (exact) mass is 217 g/mol. The van der Waals surface area contributed by atoms with E-state index in [4.69, 9.17) is 5.73 Å². The lowest BCUT2D eigenvalue weighted by Crippen LogP contribution is -2.13. The SMILES string of the molecule is NC1CCc2cnn(-c3ccccc3F)c21. The average Bonchev–Trinajstić information content (AvgIpc) is 2.83. The molecule has 1 atom stereocenters. The lowest BCUT2D eigenvalue weighted by molar-refractivity contribution is 0.594. The molecule has 0 aliphatic heterocycles. The van der Waals surface area contributed by atoms with Gasteiger partial charge >= 0.3 is 0 Å². The molecule has 0 radical (unpaired) electrons. The summed E-state index contributed by atoms with van der Waals surface area (Å²) in [6.07, 6.45) is 3.64. The van der Waals surface area contributed by atoms with Gasteiger partial charge in [-0.05, 0) is 30.5 Å². The third-order valence-electron chi connectivity index (χ3n) is 3.04. The van der Waals surface area contributed by atoms with Gasteiger partial charge in [0.05, 0.1) is 11.9 Å². The van der Waals surface area contributed by atoms with Crippen LogP contribution in [0.2, 0.25) is 0 Å². The summed E-state index contributed by atoms with van der Waals surface area (Å²) >= 11 is 0. The summed E-state index contributed by atoms with van der Waals surface area (Å²) in [4.78, 5) is 0. The van der Waals surface area contributed by atoms with E-state index < -0.39 is 0 Å². The molecular formula is C12H12FN3. The average molecular weight is 217 g/mol. The quantitative estimate of drug-likeness (QED) is 0.793. The van der Waals surface area contributed by atoms with Crippen molar-refractivity contribution < 1.29 is 4.39 Å². The van der Waals surface area contributed by atoms with Crippen LogP contribution in [0.25, 0.3) is 5.69 Å². The van der Waals surface area contributed by atoms with Gasteiger partial charge in [0.1, 0.15) is 11.5 Å². The Kier molecular flexibility index (Phi) is 2.04. The summed E-state index contributed by atoms with van der Waals surface area (Å²) in [5.74, 6) is -0.271. The van der Waals surface area contributed by atoms with Gasteiger partial charge in [0, 0.05) is 6.04 Å². The molecule has 1 aromatic heterocycles. The van der Waals surface area contributed by atoms with Gasteiger partial charge in [0.15, 0.2) is 0 Å². The summed E-state index contributed by atoms with van der Waals surface area (Å²) in [5.41, 5.74) is 8.55. The minimum atomic E-state index is -0.271. The van der Waals surface area contributed by atoms with Crippen LogP contribution in [0.5, 0.6) is 0 Å². The fourth-order valence-corrected chi connectivity index (χ4v) is 2.24. The zero-order valence-electron chi connectivity index (χ0n) is 8.73. The Morgan fingerprint density at radius 1 is 1.38 bits per heavy atom. The zero-order valence-corrected chi connectivity index (χ0v) is 8.73. The van der Waals surface area contributed by atoms with Crippen LogP contribution in [0, 0.1) is 5.82 Å². The molecule has 1 heterocycles. The molecule has 16 heavy (non-hydrogen) atoms. The fourth-order valence-electron chi connectivity index (χ4n) is 2.24. The standard InChI is InChI=1S/C12H12FN3/c13-9-3-1-2-4-11(9)16-12-8(7-15-16)5-6-10(12)14/h1-4,7,10H,5-6,14H2. The van der Waals surface area contributed by atoms with E-state index in [-0.39, 0.29) is 11.9 Å². The van der Waals surface area contributed by atoms with Gasteiger partial charge in [-0.1, -0.05) is 12.1 Å². The fraction of sp³-hybridized carbons (Fsp3) is 0.250. The number of fused-ring (bicyclic) bond motifs is 1. The maximum atomic E-state index is 13.6. The van der Waals surface area contributed by atoms with Crippen LogP contribution in [0.4, 0.5) is 4.39 Å². The van der Waals surface area contributed by atoms with Gasteiger partial charge < -0.3 is 5.73 Å². The predicted octanol–water partition coefficient (Wildman–Crippen LogP) is 1.96. The van der Waals surface area contributed by atoms with Crippen LogP contribution >= 0.6 is 0 Å². The Balaban J connectivity index is 2.19. The van der Waals surface area contributed by atoms with Crippen molar-refractivity contribution in [1.82, 2.24) is 9.78 Å². The number of halogens is 1. The number of aryl methyl sites for hydroxylation is 1. The summed E-state index contributed by atoms with van der Waals surface area (Å²) in [7, 11) is 0. The van der Waals surface area contributed by atoms with Gasteiger partial charge in [-0.2, -0.15) is 5.10 Å². The van der Waals surface area contributed by atoms with Crippen molar-refractivity contribution in [3.05, 3.63) is 47.5 Å². The van der Waals surface area contributed by atoms with Crippen LogP contribution in [0.3, 0.4) is 0 Å². The Morgan fingerprint density at radius 2 is 2.19 bits per heavy atom. The smallest absolute Gasteiger partial charge is 0.148 e. The Labute approximate surface area is 92.7 Å². The van der Waals surface area contributed by atoms with E-state index in [1.165, 1.54) is 6.07 Å². The van der Waals surface area contributed by atoms with E-state index in [2.05, 4.69) is 5.10 Å². The first-order valence-corrected chi connectivity index (χ1v) is 5.34. The van der Waals surface area contributed by atoms with Crippen LogP contribution in [0.1, 0.15) is 23.7 Å². The molecule has 1 aromatic carbocycles. The molecule has 82 valence electrons. The maximum Gasteiger partial charge on any atom is 0.148 e. The van der Waals surface area contributed by atoms with Gasteiger partial charge in [-0.15, -0.1) is 0 Å². The van der Waals surface area contributed by atoms with Crippen LogP contribution in [0.15, 0.2) is 30.5 Å². The van der Waals surface area contributed by atoms with Gasteiger partial charge in [-0.3, -0.25) is 0 Å². The number of aromatic nitrogens is 2. The van der Waals surface area contributed by atoms with E-state index in [0.29, 0.717) is 5.69 Å². The maximum absolute atomic E-state index is 13.6. The van der Waals surface area contributed by atoms with E-state index in [1.807, 2.05) is 0 Å². The van der Waals surface area contributed by atoms with E-state index in [1.54, 1.807) is 29.1 Å². The molecule has 0 bridgehead atoms. The normalized spacial score (nSPS) is 18.8. The number of nitrogens with zero attached hydrogens (tertiary/aromatic N) is 2. The first-order valence-electron chi connectivity index (χ1n) is 5.34. The third kappa shape index (κ3) is 1.27. The molecule has 2 N–H and O–H groups in total. The molecule has 0 saturated heterocycles. The van der Waals surface area contributed by atoms with Crippen molar-refractivity contribution in [2.45, 2.75) is 18.9 Å². The number of rotatable bonds is 1. The largest absolute Gasteiger partial charge is 0.323 e. The molecule has 1 unspecified atom stereocenters. The third-order valence-corrected chi connectivity index (χ3v) is 3.04. The van der Waals surface area contributed by atoms with Gasteiger partial charge in [0.2, 0.25) is 0 Å². The Bertz CT molecular complexity index is 533. The predicted molar refractivity (Wildman–Crippen MR) is 58.8 cm³/mol. The number of benzene rings is 1. The Morgan fingerprint density at radius 3 is 3.00 bits per heavy atom. The molecule has 0 spiro atoms. The minimum absolute atomic E-state index is 0.0305. The van der Waals surface area contributed by atoms with Crippen LogP contribution in [-0.4, -0.2) is 9.78 Å². The second kappa shape index (κ2) is 3.42. The first-order chi connectivity index (χ1) is 7.77. The van der Waals surface area contributed by atoms with Crippen LogP contribution < -0.4 is 5.73 Å². The molecular weight excluding hydrogens is 205 g/mol. The molecule has 3 nitrogen and oxygen atoms in total. The summed E-state index contributed by atoms with van der Waals surface area (Å²) in [6.45, 7) is 0. The summed E-state index contributed by atoms with van der Waals surface area (Å²) in [5, 5.41) is 4.22. The molecule has 1 aliphatic carbocycles. The molecule has 3 rings (SSSR count). The van der Waals surface area contributed by atoms with E-state index in [0.717, 1.165) is 24.1 Å². The number of hydrogen-bond donors (Lipinski definition) is 1. The highest BCUT2D eigenvalue weighted by Crippen LogP contribution is 2.31. The van der Waals surface area contributed by atoms with Gasteiger partial charge in [0.25, 0.3) is 0 Å². The van der Waals surface area contributed by atoms with Crippen molar-refractivity contribution in [1.29, 1.82) is 0 Å². The van der Waals surface area contributed by atoms with Crippen molar-refractivity contribution in [2.75, 3.05) is 0 Å².